The molecule has 1 atom stereocenters. The van der Waals surface area contributed by atoms with Gasteiger partial charge in [0, 0.05) is 18.1 Å². The molecule has 104 valence electrons. The van der Waals surface area contributed by atoms with Crippen LogP contribution in [0.1, 0.15) is 18.4 Å². The van der Waals surface area contributed by atoms with Gasteiger partial charge in [-0.15, -0.1) is 0 Å². The molecule has 20 heavy (non-hydrogen) atoms. The predicted molar refractivity (Wildman–Crippen MR) is 74.3 cm³/mol. The molecule has 0 bridgehead atoms. The summed E-state index contributed by atoms with van der Waals surface area (Å²) in [5.41, 5.74) is 7.00. The van der Waals surface area contributed by atoms with Crippen LogP contribution in [-0.4, -0.2) is 28.4 Å². The van der Waals surface area contributed by atoms with Crippen molar-refractivity contribution in [3.63, 3.8) is 0 Å². The smallest absolute Gasteiger partial charge is 0.234 e. The molecule has 2 N–H and O–H groups in total. The maximum atomic E-state index is 13.8. The first-order valence-corrected chi connectivity index (χ1v) is 6.72. The third-order valence-electron chi connectivity index (χ3n) is 3.87. The fraction of sp³-hybridized carbons (Fsp3) is 0.333. The van der Waals surface area contributed by atoms with E-state index in [1.165, 1.54) is 6.07 Å². The molecule has 4 nitrogen and oxygen atoms in total. The van der Waals surface area contributed by atoms with Gasteiger partial charge < -0.3 is 5.73 Å². The number of likely N-dealkylation sites (tertiary alicyclic amines) is 1. The van der Waals surface area contributed by atoms with Gasteiger partial charge in [0.05, 0.1) is 11.6 Å². The van der Waals surface area contributed by atoms with Crippen LogP contribution < -0.4 is 5.73 Å². The SMILES string of the molecule is NC(=O)C1CCCN1Cc1ccc(F)c2cccnc12. The minimum atomic E-state index is -0.290. The summed E-state index contributed by atoms with van der Waals surface area (Å²) in [4.78, 5) is 17.7. The molecule has 1 aliphatic rings. The summed E-state index contributed by atoms with van der Waals surface area (Å²) in [5.74, 6) is -0.563. The summed E-state index contributed by atoms with van der Waals surface area (Å²) in [6.07, 6.45) is 3.41. The Morgan fingerprint density at radius 2 is 2.30 bits per heavy atom. The topological polar surface area (TPSA) is 59.2 Å². The van der Waals surface area contributed by atoms with Crippen LogP contribution in [0.5, 0.6) is 0 Å². The second-order valence-electron chi connectivity index (χ2n) is 5.14. The second kappa shape index (κ2) is 5.17. The highest BCUT2D eigenvalue weighted by molar-refractivity contribution is 5.83. The number of carbonyl (C=O) groups is 1. The van der Waals surface area contributed by atoms with Crippen LogP contribution in [-0.2, 0) is 11.3 Å². The van der Waals surface area contributed by atoms with E-state index in [1.807, 2.05) is 4.90 Å². The summed E-state index contributed by atoms with van der Waals surface area (Å²) >= 11 is 0. The molecule has 0 aliphatic carbocycles. The second-order valence-corrected chi connectivity index (χ2v) is 5.14. The van der Waals surface area contributed by atoms with E-state index < -0.39 is 0 Å². The normalized spacial score (nSPS) is 19.6. The molecule has 5 heteroatoms. The quantitative estimate of drug-likeness (QED) is 0.928. The third kappa shape index (κ3) is 2.25. The zero-order valence-corrected chi connectivity index (χ0v) is 11.1. The van der Waals surface area contributed by atoms with E-state index in [4.69, 9.17) is 5.73 Å². The molecule has 0 radical (unpaired) electrons. The molecule has 1 aromatic heterocycles. The lowest BCUT2D eigenvalue weighted by molar-refractivity contribution is -0.122. The Bertz CT molecular complexity index is 659. The molecule has 1 unspecified atom stereocenters. The number of fused-ring (bicyclic) bond motifs is 1. The Morgan fingerprint density at radius 1 is 1.45 bits per heavy atom. The Labute approximate surface area is 116 Å². The highest BCUT2D eigenvalue weighted by Gasteiger charge is 2.29. The van der Waals surface area contributed by atoms with Crippen molar-refractivity contribution in [1.82, 2.24) is 9.88 Å². The lowest BCUT2D eigenvalue weighted by Crippen LogP contribution is -2.39. The first kappa shape index (κ1) is 13.0. The molecule has 1 aromatic carbocycles. The van der Waals surface area contributed by atoms with Crippen molar-refractivity contribution in [2.24, 2.45) is 5.73 Å². The molecule has 1 aliphatic heterocycles. The van der Waals surface area contributed by atoms with Crippen LogP contribution in [0, 0.1) is 5.82 Å². The number of pyridine rings is 1. The van der Waals surface area contributed by atoms with Crippen molar-refractivity contribution < 1.29 is 9.18 Å². The number of hydrogen-bond donors (Lipinski definition) is 1. The summed E-state index contributed by atoms with van der Waals surface area (Å²) in [6.45, 7) is 1.40. The van der Waals surface area contributed by atoms with Crippen LogP contribution in [0.2, 0.25) is 0 Å². The first-order valence-electron chi connectivity index (χ1n) is 6.72. The van der Waals surface area contributed by atoms with E-state index in [9.17, 15) is 9.18 Å². The molecule has 2 heterocycles. The fourth-order valence-corrected chi connectivity index (χ4v) is 2.88. The van der Waals surface area contributed by atoms with Crippen molar-refractivity contribution in [2.45, 2.75) is 25.4 Å². The number of nitrogens with zero attached hydrogens (tertiary/aromatic N) is 2. The number of hydrogen-bond acceptors (Lipinski definition) is 3. The van der Waals surface area contributed by atoms with E-state index in [2.05, 4.69) is 4.98 Å². The molecule has 1 fully saturated rings. The Hall–Kier alpha value is -2.01. The van der Waals surface area contributed by atoms with Crippen LogP contribution >= 0.6 is 0 Å². The van der Waals surface area contributed by atoms with Gasteiger partial charge in [0.1, 0.15) is 5.82 Å². The van der Waals surface area contributed by atoms with Crippen LogP contribution in [0.15, 0.2) is 30.5 Å². The summed E-state index contributed by atoms with van der Waals surface area (Å²) in [6, 6.07) is 6.41. The van der Waals surface area contributed by atoms with Crippen LogP contribution in [0.4, 0.5) is 4.39 Å². The molecule has 2 aromatic rings. The van der Waals surface area contributed by atoms with Crippen molar-refractivity contribution in [2.75, 3.05) is 6.54 Å². The van der Waals surface area contributed by atoms with E-state index in [1.54, 1.807) is 24.4 Å². The van der Waals surface area contributed by atoms with Gasteiger partial charge in [-0.2, -0.15) is 0 Å². The Morgan fingerprint density at radius 3 is 3.10 bits per heavy atom. The summed E-state index contributed by atoms with van der Waals surface area (Å²) in [7, 11) is 0. The number of halogens is 1. The van der Waals surface area contributed by atoms with Crippen molar-refractivity contribution in [3.8, 4) is 0 Å². The first-order chi connectivity index (χ1) is 9.66. The van der Waals surface area contributed by atoms with Crippen LogP contribution in [0.3, 0.4) is 0 Å². The molecular weight excluding hydrogens is 257 g/mol. The molecule has 1 saturated heterocycles. The Balaban J connectivity index is 1.95. The van der Waals surface area contributed by atoms with Gasteiger partial charge in [-0.1, -0.05) is 6.07 Å². The summed E-state index contributed by atoms with van der Waals surface area (Å²) in [5, 5.41) is 0.514. The van der Waals surface area contributed by atoms with Gasteiger partial charge in [-0.25, -0.2) is 4.39 Å². The lowest BCUT2D eigenvalue weighted by atomic mass is 10.1. The molecule has 0 spiro atoms. The lowest BCUT2D eigenvalue weighted by Gasteiger charge is -2.22. The van der Waals surface area contributed by atoms with Crippen molar-refractivity contribution in [3.05, 3.63) is 41.8 Å². The zero-order chi connectivity index (χ0) is 14.1. The molecule has 3 rings (SSSR count). The maximum Gasteiger partial charge on any atom is 0.234 e. The number of benzene rings is 1. The van der Waals surface area contributed by atoms with Gasteiger partial charge in [0.15, 0.2) is 0 Å². The zero-order valence-electron chi connectivity index (χ0n) is 11.1. The molecule has 0 saturated carbocycles. The monoisotopic (exact) mass is 273 g/mol. The van der Waals surface area contributed by atoms with Crippen LogP contribution in [0.25, 0.3) is 10.9 Å². The average Bonchev–Trinajstić information content (AvgIpc) is 2.91. The van der Waals surface area contributed by atoms with Gasteiger partial charge in [-0.3, -0.25) is 14.7 Å². The molecule has 1 amide bonds. The highest BCUT2D eigenvalue weighted by Crippen LogP contribution is 2.24. The number of rotatable bonds is 3. The number of primary amides is 1. The van der Waals surface area contributed by atoms with E-state index >= 15 is 0 Å². The predicted octanol–water partition coefficient (Wildman–Crippen LogP) is 1.82. The third-order valence-corrected chi connectivity index (χ3v) is 3.87. The average molecular weight is 273 g/mol. The molecular formula is C15H16FN3O. The van der Waals surface area contributed by atoms with E-state index in [-0.39, 0.29) is 17.8 Å². The number of amides is 1. The Kier molecular flexibility index (Phi) is 3.36. The fourth-order valence-electron chi connectivity index (χ4n) is 2.88. The number of aromatic nitrogens is 1. The van der Waals surface area contributed by atoms with Gasteiger partial charge in [0.25, 0.3) is 0 Å². The minimum absolute atomic E-state index is 0.223. The number of nitrogens with two attached hydrogens (primary N) is 1. The largest absolute Gasteiger partial charge is 0.368 e. The maximum absolute atomic E-state index is 13.8. The minimum Gasteiger partial charge on any atom is -0.368 e. The van der Waals surface area contributed by atoms with Crippen molar-refractivity contribution >= 4 is 16.8 Å². The van der Waals surface area contributed by atoms with Gasteiger partial charge in [0.2, 0.25) is 5.91 Å². The van der Waals surface area contributed by atoms with Gasteiger partial charge in [-0.05, 0) is 43.1 Å². The van der Waals surface area contributed by atoms with E-state index in [0.29, 0.717) is 17.4 Å². The van der Waals surface area contributed by atoms with Gasteiger partial charge >= 0.3 is 0 Å². The van der Waals surface area contributed by atoms with E-state index in [0.717, 1.165) is 24.9 Å². The van der Waals surface area contributed by atoms with Crippen molar-refractivity contribution in [1.29, 1.82) is 0 Å². The number of carbonyl (C=O) groups excluding carboxylic acids is 1. The standard InChI is InChI=1S/C15H16FN3O/c16-12-6-5-10(14-11(12)3-1-7-18-14)9-19-8-2-4-13(19)15(17)20/h1,3,5-7,13H,2,4,8-9H2,(H2,17,20). The summed E-state index contributed by atoms with van der Waals surface area (Å²) < 4.78 is 13.8. The highest BCUT2D eigenvalue weighted by atomic mass is 19.1.